The van der Waals surface area contributed by atoms with Crippen LogP contribution in [-0.4, -0.2) is 40.1 Å². The topological polar surface area (TPSA) is 69.6 Å². The summed E-state index contributed by atoms with van der Waals surface area (Å²) in [5.41, 5.74) is -1.05. The Bertz CT molecular complexity index is 372. The fourth-order valence-electron chi connectivity index (χ4n) is 3.27. The van der Waals surface area contributed by atoms with Crippen molar-refractivity contribution in [2.45, 2.75) is 64.0 Å². The van der Waals surface area contributed by atoms with E-state index in [4.69, 9.17) is 0 Å². The summed E-state index contributed by atoms with van der Waals surface area (Å²) in [4.78, 5) is 25.4. The number of carbonyl (C=O) groups excluding carboxylic acids is 1. The highest BCUT2D eigenvalue weighted by molar-refractivity contribution is 5.86. The molecular weight excluding hydrogens is 244 g/mol. The SMILES string of the molecule is CC1CCCC1NC(=O)N1CCCCC1(C)C(=O)O. The average Bonchev–Trinajstić information content (AvgIpc) is 2.75. The zero-order valence-electron chi connectivity index (χ0n) is 11.8. The number of carboxylic acids is 1. The van der Waals surface area contributed by atoms with E-state index in [-0.39, 0.29) is 12.1 Å². The number of hydrogen-bond donors (Lipinski definition) is 2. The molecule has 108 valence electrons. The maximum atomic E-state index is 12.4. The summed E-state index contributed by atoms with van der Waals surface area (Å²) in [6.07, 6.45) is 5.58. The molecule has 1 saturated heterocycles. The van der Waals surface area contributed by atoms with Crippen LogP contribution in [-0.2, 0) is 4.79 Å². The third kappa shape index (κ3) is 2.69. The Kier molecular flexibility index (Phi) is 4.02. The molecule has 1 aliphatic carbocycles. The van der Waals surface area contributed by atoms with Crippen LogP contribution in [0.3, 0.4) is 0 Å². The number of rotatable bonds is 2. The van der Waals surface area contributed by atoms with E-state index in [1.165, 1.54) is 4.90 Å². The van der Waals surface area contributed by atoms with Gasteiger partial charge in [-0.2, -0.15) is 0 Å². The predicted molar refractivity (Wildman–Crippen MR) is 71.9 cm³/mol. The van der Waals surface area contributed by atoms with Crippen LogP contribution in [0, 0.1) is 5.92 Å². The highest BCUT2D eigenvalue weighted by Gasteiger charge is 2.44. The van der Waals surface area contributed by atoms with Gasteiger partial charge in [-0.1, -0.05) is 13.3 Å². The summed E-state index contributed by atoms with van der Waals surface area (Å²) in [6, 6.07) is -0.00387. The third-order valence-electron chi connectivity index (χ3n) is 4.77. The minimum absolute atomic E-state index is 0.201. The summed E-state index contributed by atoms with van der Waals surface area (Å²) in [6.45, 7) is 4.34. The first-order chi connectivity index (χ1) is 8.95. The highest BCUT2D eigenvalue weighted by atomic mass is 16.4. The smallest absolute Gasteiger partial charge is 0.329 e. The van der Waals surface area contributed by atoms with Crippen LogP contribution in [0.15, 0.2) is 0 Å². The van der Waals surface area contributed by atoms with Crippen LogP contribution in [0.5, 0.6) is 0 Å². The first kappa shape index (κ1) is 14.2. The molecule has 3 unspecified atom stereocenters. The Balaban J connectivity index is 2.05. The molecule has 0 aromatic rings. The fraction of sp³-hybridized carbons (Fsp3) is 0.857. The van der Waals surface area contributed by atoms with Crippen LogP contribution in [0.4, 0.5) is 4.79 Å². The number of piperidine rings is 1. The largest absolute Gasteiger partial charge is 0.480 e. The summed E-state index contributed by atoms with van der Waals surface area (Å²) in [7, 11) is 0. The van der Waals surface area contributed by atoms with Gasteiger partial charge in [0.05, 0.1) is 0 Å². The van der Waals surface area contributed by atoms with Crippen molar-refractivity contribution in [1.29, 1.82) is 0 Å². The van der Waals surface area contributed by atoms with Crippen LogP contribution in [0.25, 0.3) is 0 Å². The number of urea groups is 1. The normalized spacial score (nSPS) is 35.2. The molecule has 1 saturated carbocycles. The van der Waals surface area contributed by atoms with Crippen LogP contribution in [0.1, 0.15) is 52.4 Å². The molecule has 0 spiro atoms. The fourth-order valence-corrected chi connectivity index (χ4v) is 3.27. The average molecular weight is 268 g/mol. The Hall–Kier alpha value is -1.26. The number of hydrogen-bond acceptors (Lipinski definition) is 2. The predicted octanol–water partition coefficient (Wildman–Crippen LogP) is 2.21. The Morgan fingerprint density at radius 3 is 2.58 bits per heavy atom. The van der Waals surface area contributed by atoms with Crippen molar-refractivity contribution in [2.75, 3.05) is 6.54 Å². The second-order valence-corrected chi connectivity index (χ2v) is 6.15. The van der Waals surface area contributed by atoms with Crippen molar-refractivity contribution in [1.82, 2.24) is 10.2 Å². The summed E-state index contributed by atoms with van der Waals surface area (Å²) < 4.78 is 0. The molecule has 2 N–H and O–H groups in total. The maximum absolute atomic E-state index is 12.4. The number of carbonyl (C=O) groups is 2. The molecule has 0 aromatic heterocycles. The first-order valence-electron chi connectivity index (χ1n) is 7.26. The van der Waals surface area contributed by atoms with E-state index in [2.05, 4.69) is 12.2 Å². The lowest BCUT2D eigenvalue weighted by Gasteiger charge is -2.42. The van der Waals surface area contributed by atoms with Gasteiger partial charge in [0.15, 0.2) is 0 Å². The van der Waals surface area contributed by atoms with Gasteiger partial charge in [-0.25, -0.2) is 9.59 Å². The summed E-state index contributed by atoms with van der Waals surface area (Å²) in [5.74, 6) is -0.411. The van der Waals surface area contributed by atoms with E-state index < -0.39 is 11.5 Å². The maximum Gasteiger partial charge on any atom is 0.329 e. The van der Waals surface area contributed by atoms with Gasteiger partial charge in [0.1, 0.15) is 5.54 Å². The number of likely N-dealkylation sites (tertiary alicyclic amines) is 1. The molecule has 2 aliphatic rings. The zero-order valence-corrected chi connectivity index (χ0v) is 11.8. The molecule has 0 bridgehead atoms. The van der Waals surface area contributed by atoms with E-state index in [0.717, 1.165) is 32.1 Å². The monoisotopic (exact) mass is 268 g/mol. The van der Waals surface area contributed by atoms with E-state index >= 15 is 0 Å². The van der Waals surface area contributed by atoms with E-state index in [1.54, 1.807) is 6.92 Å². The molecule has 5 nitrogen and oxygen atoms in total. The van der Waals surface area contributed by atoms with Crippen LogP contribution >= 0.6 is 0 Å². The number of carboxylic acid groups (broad SMARTS) is 1. The first-order valence-corrected chi connectivity index (χ1v) is 7.26. The lowest BCUT2D eigenvalue weighted by atomic mass is 9.89. The number of nitrogens with zero attached hydrogens (tertiary/aromatic N) is 1. The lowest BCUT2D eigenvalue weighted by Crippen LogP contribution is -2.61. The second-order valence-electron chi connectivity index (χ2n) is 6.15. The molecule has 3 atom stereocenters. The highest BCUT2D eigenvalue weighted by Crippen LogP contribution is 2.30. The van der Waals surface area contributed by atoms with Crippen molar-refractivity contribution in [3.8, 4) is 0 Å². The Morgan fingerprint density at radius 2 is 2.00 bits per heavy atom. The standard InChI is InChI=1S/C14H24N2O3/c1-10-6-5-7-11(10)15-13(19)16-9-4-3-8-14(16,2)12(17)18/h10-11H,3-9H2,1-2H3,(H,15,19)(H,17,18). The van der Waals surface area contributed by atoms with E-state index in [1.807, 2.05) is 0 Å². The molecule has 1 heterocycles. The molecular formula is C14H24N2O3. The van der Waals surface area contributed by atoms with Gasteiger partial charge in [0, 0.05) is 12.6 Å². The quantitative estimate of drug-likeness (QED) is 0.806. The van der Waals surface area contributed by atoms with Crippen molar-refractivity contribution in [2.24, 2.45) is 5.92 Å². The van der Waals surface area contributed by atoms with Gasteiger partial charge in [-0.15, -0.1) is 0 Å². The molecule has 19 heavy (non-hydrogen) atoms. The van der Waals surface area contributed by atoms with Crippen molar-refractivity contribution in [3.05, 3.63) is 0 Å². The number of nitrogens with one attached hydrogen (secondary N) is 1. The number of amides is 2. The van der Waals surface area contributed by atoms with Crippen molar-refractivity contribution < 1.29 is 14.7 Å². The molecule has 0 radical (unpaired) electrons. The zero-order chi connectivity index (χ0) is 14.0. The molecule has 2 fully saturated rings. The lowest BCUT2D eigenvalue weighted by molar-refractivity contribution is -0.150. The second kappa shape index (κ2) is 5.39. The molecule has 2 amide bonds. The summed E-state index contributed by atoms with van der Waals surface area (Å²) in [5, 5.41) is 12.4. The minimum atomic E-state index is -1.05. The number of aliphatic carboxylic acids is 1. The van der Waals surface area contributed by atoms with Crippen LogP contribution < -0.4 is 5.32 Å². The minimum Gasteiger partial charge on any atom is -0.480 e. The molecule has 2 rings (SSSR count). The van der Waals surface area contributed by atoms with Crippen molar-refractivity contribution >= 4 is 12.0 Å². The molecule has 1 aliphatic heterocycles. The van der Waals surface area contributed by atoms with Crippen LogP contribution in [0.2, 0.25) is 0 Å². The van der Waals surface area contributed by atoms with Gasteiger partial charge in [-0.3, -0.25) is 0 Å². The Labute approximate surface area is 114 Å². The molecule has 0 aromatic carbocycles. The van der Waals surface area contributed by atoms with Gasteiger partial charge in [-0.05, 0) is 44.9 Å². The van der Waals surface area contributed by atoms with E-state index in [0.29, 0.717) is 18.9 Å². The third-order valence-corrected chi connectivity index (χ3v) is 4.77. The van der Waals surface area contributed by atoms with Gasteiger partial charge in [0.25, 0.3) is 0 Å². The van der Waals surface area contributed by atoms with Crippen molar-refractivity contribution in [3.63, 3.8) is 0 Å². The Morgan fingerprint density at radius 1 is 1.26 bits per heavy atom. The summed E-state index contributed by atoms with van der Waals surface area (Å²) >= 11 is 0. The van der Waals surface area contributed by atoms with Gasteiger partial charge in [0.2, 0.25) is 0 Å². The van der Waals surface area contributed by atoms with E-state index in [9.17, 15) is 14.7 Å². The van der Waals surface area contributed by atoms with Gasteiger partial charge >= 0.3 is 12.0 Å². The molecule has 5 heteroatoms. The van der Waals surface area contributed by atoms with Gasteiger partial charge < -0.3 is 15.3 Å².